The smallest absolute Gasteiger partial charge is 0.130 e. The molecular weight excluding hydrogens is 218 g/mol. The fourth-order valence-corrected chi connectivity index (χ4v) is 2.12. The molecule has 1 N–H and O–H groups in total. The molecule has 0 amide bonds. The fourth-order valence-electron chi connectivity index (χ4n) is 1.11. The number of anilines is 1. The summed E-state index contributed by atoms with van der Waals surface area (Å²) in [4.78, 5) is 8.45. The standard InChI is InChI=1S/C12H21N3S/c1-4-6-13-11-7-12(15-9-14-11)16-8-10(3)5-2/h7,9-10H,4-6,8H2,1-3H3,(H,13,14,15). The summed E-state index contributed by atoms with van der Waals surface area (Å²) in [5.74, 6) is 2.80. The molecule has 0 fully saturated rings. The van der Waals surface area contributed by atoms with Gasteiger partial charge in [-0.3, -0.25) is 0 Å². The average molecular weight is 239 g/mol. The van der Waals surface area contributed by atoms with E-state index in [1.54, 1.807) is 6.33 Å². The van der Waals surface area contributed by atoms with Gasteiger partial charge in [-0.2, -0.15) is 0 Å². The van der Waals surface area contributed by atoms with Crippen LogP contribution in [0.2, 0.25) is 0 Å². The van der Waals surface area contributed by atoms with Gasteiger partial charge >= 0.3 is 0 Å². The second kappa shape index (κ2) is 7.49. The fraction of sp³-hybridized carbons (Fsp3) is 0.667. The minimum atomic E-state index is 0.743. The zero-order chi connectivity index (χ0) is 11.8. The largest absolute Gasteiger partial charge is 0.370 e. The van der Waals surface area contributed by atoms with Gasteiger partial charge < -0.3 is 5.32 Å². The Kier molecular flexibility index (Phi) is 6.23. The van der Waals surface area contributed by atoms with Gasteiger partial charge in [0, 0.05) is 18.4 Å². The first-order valence-electron chi connectivity index (χ1n) is 5.95. The third-order valence-corrected chi connectivity index (χ3v) is 3.67. The van der Waals surface area contributed by atoms with E-state index in [-0.39, 0.29) is 0 Å². The van der Waals surface area contributed by atoms with E-state index in [4.69, 9.17) is 0 Å². The highest BCUT2D eigenvalue weighted by molar-refractivity contribution is 7.99. The molecule has 1 aromatic rings. The van der Waals surface area contributed by atoms with Gasteiger partial charge in [0.1, 0.15) is 17.2 Å². The molecule has 1 unspecified atom stereocenters. The summed E-state index contributed by atoms with van der Waals surface area (Å²) in [7, 11) is 0. The van der Waals surface area contributed by atoms with E-state index in [1.807, 2.05) is 17.8 Å². The predicted molar refractivity (Wildman–Crippen MR) is 71.0 cm³/mol. The molecule has 1 rings (SSSR count). The summed E-state index contributed by atoms with van der Waals surface area (Å²) in [6.07, 6.45) is 3.97. The molecule has 3 nitrogen and oxygen atoms in total. The van der Waals surface area contributed by atoms with E-state index in [1.165, 1.54) is 6.42 Å². The van der Waals surface area contributed by atoms with Crippen LogP contribution in [-0.2, 0) is 0 Å². The second-order valence-electron chi connectivity index (χ2n) is 3.99. The van der Waals surface area contributed by atoms with Gasteiger partial charge in [0.05, 0.1) is 0 Å². The van der Waals surface area contributed by atoms with E-state index < -0.39 is 0 Å². The van der Waals surface area contributed by atoms with Gasteiger partial charge in [-0.1, -0.05) is 27.2 Å². The predicted octanol–water partition coefficient (Wildman–Crippen LogP) is 3.44. The Morgan fingerprint density at radius 3 is 2.88 bits per heavy atom. The van der Waals surface area contributed by atoms with E-state index in [9.17, 15) is 0 Å². The Hall–Kier alpha value is -0.770. The number of thioether (sulfide) groups is 1. The molecule has 0 aliphatic rings. The lowest BCUT2D eigenvalue weighted by Crippen LogP contribution is -2.02. The molecule has 0 aliphatic carbocycles. The minimum Gasteiger partial charge on any atom is -0.370 e. The minimum absolute atomic E-state index is 0.743. The highest BCUT2D eigenvalue weighted by atomic mass is 32.2. The lowest BCUT2D eigenvalue weighted by molar-refractivity contribution is 0.636. The Labute approximate surface area is 102 Å². The van der Waals surface area contributed by atoms with Crippen LogP contribution >= 0.6 is 11.8 Å². The van der Waals surface area contributed by atoms with Crippen molar-refractivity contribution < 1.29 is 0 Å². The van der Waals surface area contributed by atoms with Crippen LogP contribution in [-0.4, -0.2) is 22.3 Å². The normalized spacial score (nSPS) is 12.4. The van der Waals surface area contributed by atoms with Gasteiger partial charge in [-0.15, -0.1) is 11.8 Å². The number of hydrogen-bond donors (Lipinski definition) is 1. The number of rotatable bonds is 7. The van der Waals surface area contributed by atoms with Crippen LogP contribution < -0.4 is 5.32 Å². The van der Waals surface area contributed by atoms with Crippen LogP contribution in [0.5, 0.6) is 0 Å². The summed E-state index contributed by atoms with van der Waals surface area (Å²) >= 11 is 1.81. The maximum Gasteiger partial charge on any atom is 0.130 e. The Balaban J connectivity index is 2.46. The summed E-state index contributed by atoms with van der Waals surface area (Å²) in [5.41, 5.74) is 0. The molecule has 4 heteroatoms. The van der Waals surface area contributed by atoms with Crippen LogP contribution in [0.4, 0.5) is 5.82 Å². The van der Waals surface area contributed by atoms with Crippen LogP contribution in [0.3, 0.4) is 0 Å². The van der Waals surface area contributed by atoms with Crippen molar-refractivity contribution in [1.82, 2.24) is 9.97 Å². The monoisotopic (exact) mass is 239 g/mol. The van der Waals surface area contributed by atoms with Crippen molar-refractivity contribution in [2.24, 2.45) is 5.92 Å². The van der Waals surface area contributed by atoms with Crippen LogP contribution in [0.1, 0.15) is 33.6 Å². The van der Waals surface area contributed by atoms with Crippen molar-refractivity contribution in [3.8, 4) is 0 Å². The highest BCUT2D eigenvalue weighted by Crippen LogP contribution is 2.21. The topological polar surface area (TPSA) is 37.8 Å². The first-order chi connectivity index (χ1) is 7.76. The van der Waals surface area contributed by atoms with Crippen LogP contribution in [0, 0.1) is 5.92 Å². The van der Waals surface area contributed by atoms with E-state index in [2.05, 4.69) is 36.1 Å². The summed E-state index contributed by atoms with van der Waals surface area (Å²) in [6.45, 7) is 7.60. The zero-order valence-electron chi connectivity index (χ0n) is 10.4. The van der Waals surface area contributed by atoms with Crippen molar-refractivity contribution in [3.05, 3.63) is 12.4 Å². The van der Waals surface area contributed by atoms with Gasteiger partial charge in [-0.25, -0.2) is 9.97 Å². The van der Waals surface area contributed by atoms with E-state index >= 15 is 0 Å². The first kappa shape index (κ1) is 13.3. The molecule has 1 aromatic heterocycles. The quantitative estimate of drug-likeness (QED) is 0.584. The molecule has 0 spiro atoms. The van der Waals surface area contributed by atoms with Gasteiger partial charge in [-0.05, 0) is 12.3 Å². The van der Waals surface area contributed by atoms with Crippen molar-refractivity contribution in [2.45, 2.75) is 38.6 Å². The molecule has 0 saturated heterocycles. The first-order valence-corrected chi connectivity index (χ1v) is 6.93. The van der Waals surface area contributed by atoms with Gasteiger partial charge in [0.25, 0.3) is 0 Å². The van der Waals surface area contributed by atoms with Crippen molar-refractivity contribution in [3.63, 3.8) is 0 Å². The lowest BCUT2D eigenvalue weighted by Gasteiger charge is -2.08. The molecular formula is C12H21N3S. The molecule has 0 aromatic carbocycles. The van der Waals surface area contributed by atoms with Crippen LogP contribution in [0.15, 0.2) is 17.4 Å². The lowest BCUT2D eigenvalue weighted by atomic mass is 10.2. The third kappa shape index (κ3) is 4.84. The molecule has 0 saturated carbocycles. The maximum absolute atomic E-state index is 4.27. The number of aromatic nitrogens is 2. The van der Waals surface area contributed by atoms with Crippen LogP contribution in [0.25, 0.3) is 0 Å². The number of hydrogen-bond acceptors (Lipinski definition) is 4. The van der Waals surface area contributed by atoms with Gasteiger partial charge in [0.2, 0.25) is 0 Å². The molecule has 16 heavy (non-hydrogen) atoms. The maximum atomic E-state index is 4.27. The SMILES string of the molecule is CCCNc1cc(SCC(C)CC)ncn1. The van der Waals surface area contributed by atoms with Gasteiger partial charge in [0.15, 0.2) is 0 Å². The number of nitrogens with one attached hydrogen (secondary N) is 1. The van der Waals surface area contributed by atoms with E-state index in [0.29, 0.717) is 0 Å². The molecule has 90 valence electrons. The summed E-state index contributed by atoms with van der Waals surface area (Å²) < 4.78 is 0. The molecule has 1 heterocycles. The Morgan fingerprint density at radius 1 is 1.38 bits per heavy atom. The Bertz CT molecular complexity index is 304. The van der Waals surface area contributed by atoms with Crippen molar-refractivity contribution in [1.29, 1.82) is 0 Å². The highest BCUT2D eigenvalue weighted by Gasteiger charge is 2.02. The van der Waals surface area contributed by atoms with Crippen molar-refractivity contribution >= 4 is 17.6 Å². The summed E-state index contributed by atoms with van der Waals surface area (Å²) in [5, 5.41) is 4.34. The molecule has 0 aliphatic heterocycles. The zero-order valence-corrected chi connectivity index (χ0v) is 11.2. The van der Waals surface area contributed by atoms with Crippen molar-refractivity contribution in [2.75, 3.05) is 17.6 Å². The molecule has 1 atom stereocenters. The average Bonchev–Trinajstić information content (AvgIpc) is 2.34. The number of nitrogens with zero attached hydrogens (tertiary/aromatic N) is 2. The molecule has 0 radical (unpaired) electrons. The summed E-state index contributed by atoms with van der Waals surface area (Å²) in [6, 6.07) is 2.03. The molecule has 0 bridgehead atoms. The second-order valence-corrected chi connectivity index (χ2v) is 5.03. The third-order valence-electron chi connectivity index (χ3n) is 2.41. The Morgan fingerprint density at radius 2 is 2.19 bits per heavy atom. The van der Waals surface area contributed by atoms with E-state index in [0.717, 1.165) is 35.5 Å².